The molecule has 0 unspecified atom stereocenters. The molecule has 0 aromatic carbocycles. The summed E-state index contributed by atoms with van der Waals surface area (Å²) in [6.45, 7) is 3.47. The van der Waals surface area contributed by atoms with E-state index in [4.69, 9.17) is 5.11 Å². The van der Waals surface area contributed by atoms with Crippen LogP contribution in [0, 0.1) is 0 Å². The van der Waals surface area contributed by atoms with Crippen LogP contribution < -0.4 is 10.6 Å². The number of carbonyl (C=O) groups excluding carboxylic acids is 1. The Balaban J connectivity index is 3.48. The third kappa shape index (κ3) is 15.1. The Labute approximate surface area is 182 Å². The van der Waals surface area contributed by atoms with Crippen LogP contribution >= 0.6 is 0 Å². The maximum atomic E-state index is 11.8. The number of nitrogens with one attached hydrogen (secondary N) is 2. The predicted octanol–water partition coefficient (Wildman–Crippen LogP) is 0.829. The monoisotopic (exact) mass is 434 g/mol. The average Bonchev–Trinajstić information content (AvgIpc) is 2.76. The highest BCUT2D eigenvalue weighted by Gasteiger charge is 2.33. The van der Waals surface area contributed by atoms with E-state index in [2.05, 4.69) is 17.6 Å². The van der Waals surface area contributed by atoms with Crippen molar-refractivity contribution in [2.24, 2.45) is 0 Å². The van der Waals surface area contributed by atoms with Crippen molar-refractivity contribution in [3.8, 4) is 0 Å². The summed E-state index contributed by atoms with van der Waals surface area (Å²) < 4.78 is 0. The van der Waals surface area contributed by atoms with Crippen LogP contribution in [0.25, 0.3) is 0 Å². The Kier molecular flexibility index (Phi) is 19.6. The summed E-state index contributed by atoms with van der Waals surface area (Å²) in [7, 11) is 0. The van der Waals surface area contributed by atoms with Crippen molar-refractivity contribution in [1.82, 2.24) is 10.6 Å². The fraction of sp³-hybridized carbons (Fsp3) is 0.955. The van der Waals surface area contributed by atoms with Gasteiger partial charge in [0.05, 0.1) is 6.61 Å². The van der Waals surface area contributed by atoms with Gasteiger partial charge in [0.1, 0.15) is 18.3 Å². The van der Waals surface area contributed by atoms with Crippen LogP contribution in [-0.4, -0.2) is 82.1 Å². The van der Waals surface area contributed by atoms with Gasteiger partial charge in [-0.1, -0.05) is 71.1 Å². The fourth-order valence-electron chi connectivity index (χ4n) is 3.25. The van der Waals surface area contributed by atoms with Gasteiger partial charge in [-0.3, -0.25) is 4.79 Å². The lowest BCUT2D eigenvalue weighted by Gasteiger charge is -2.24. The Bertz CT molecular complexity index is 400. The quantitative estimate of drug-likeness (QED) is 0.133. The average molecular weight is 435 g/mol. The lowest BCUT2D eigenvalue weighted by molar-refractivity contribution is -0.148. The zero-order valence-electron chi connectivity index (χ0n) is 18.8. The van der Waals surface area contributed by atoms with E-state index in [1.54, 1.807) is 0 Å². The van der Waals surface area contributed by atoms with E-state index in [1.165, 1.54) is 64.2 Å². The first kappa shape index (κ1) is 29.2. The summed E-state index contributed by atoms with van der Waals surface area (Å²) in [4.78, 5) is 11.8. The van der Waals surface area contributed by atoms with Gasteiger partial charge in [0.15, 0.2) is 6.10 Å². The predicted molar refractivity (Wildman–Crippen MR) is 118 cm³/mol. The highest BCUT2D eigenvalue weighted by atomic mass is 16.4. The Morgan fingerprint density at radius 1 is 0.700 bits per heavy atom. The molecule has 0 fully saturated rings. The number of aliphatic hydroxyl groups is 5. The number of amides is 1. The van der Waals surface area contributed by atoms with Crippen molar-refractivity contribution in [3.63, 3.8) is 0 Å². The van der Waals surface area contributed by atoms with E-state index in [1.807, 2.05) is 0 Å². The van der Waals surface area contributed by atoms with Gasteiger partial charge in [0, 0.05) is 6.54 Å². The van der Waals surface area contributed by atoms with Gasteiger partial charge in [0.2, 0.25) is 0 Å². The molecule has 1 amide bonds. The minimum Gasteiger partial charge on any atom is -0.394 e. The van der Waals surface area contributed by atoms with E-state index < -0.39 is 36.9 Å². The maximum absolute atomic E-state index is 11.8. The Hall–Kier alpha value is -0.770. The minimum absolute atomic E-state index is 0.326. The number of hydrogen-bond acceptors (Lipinski definition) is 7. The normalized spacial score (nSPS) is 15.5. The van der Waals surface area contributed by atoms with E-state index in [-0.39, 0.29) is 0 Å². The SMILES string of the molecule is CCCCCCCCCCCCCNCCCNC(=O)[C@H](O)[C@@H](O)[C@H](O)[C@H](O)CO. The van der Waals surface area contributed by atoms with Crippen LogP contribution in [0.5, 0.6) is 0 Å². The molecular formula is C22H46N2O6. The first-order chi connectivity index (χ1) is 14.5. The van der Waals surface area contributed by atoms with Gasteiger partial charge >= 0.3 is 0 Å². The largest absolute Gasteiger partial charge is 0.394 e. The van der Waals surface area contributed by atoms with Gasteiger partial charge in [-0.2, -0.15) is 0 Å². The van der Waals surface area contributed by atoms with Crippen LogP contribution in [0.1, 0.15) is 84.0 Å². The molecule has 0 aliphatic rings. The third-order valence-electron chi connectivity index (χ3n) is 5.31. The van der Waals surface area contributed by atoms with Gasteiger partial charge in [0.25, 0.3) is 5.91 Å². The second-order valence-electron chi connectivity index (χ2n) is 8.11. The molecular weight excluding hydrogens is 388 g/mol. The Morgan fingerprint density at radius 2 is 1.20 bits per heavy atom. The number of carbonyl (C=O) groups is 1. The first-order valence-corrected chi connectivity index (χ1v) is 11.8. The molecule has 0 heterocycles. The van der Waals surface area contributed by atoms with Gasteiger partial charge in [-0.25, -0.2) is 0 Å². The molecule has 0 saturated carbocycles. The van der Waals surface area contributed by atoms with Crippen molar-refractivity contribution >= 4 is 5.91 Å². The number of aliphatic hydroxyl groups excluding tert-OH is 5. The molecule has 7 N–H and O–H groups in total. The number of hydrogen-bond donors (Lipinski definition) is 7. The standard InChI is InChI=1S/C22H46N2O6/c1-2-3-4-5-6-7-8-9-10-11-12-14-23-15-13-16-24-22(30)21(29)20(28)19(27)18(26)17-25/h18-21,23,25-29H,2-17H2,1H3,(H,24,30)/t18-,19-,20+,21-/m1/s1. The highest BCUT2D eigenvalue weighted by molar-refractivity contribution is 5.81. The van der Waals surface area contributed by atoms with E-state index in [0.717, 1.165) is 19.5 Å². The summed E-state index contributed by atoms with van der Waals surface area (Å²) in [5.74, 6) is -0.822. The topological polar surface area (TPSA) is 142 Å². The molecule has 4 atom stereocenters. The summed E-state index contributed by atoms with van der Waals surface area (Å²) >= 11 is 0. The lowest BCUT2D eigenvalue weighted by atomic mass is 10.0. The van der Waals surface area contributed by atoms with Crippen LogP contribution in [0.4, 0.5) is 0 Å². The fourth-order valence-corrected chi connectivity index (χ4v) is 3.25. The van der Waals surface area contributed by atoms with E-state index in [9.17, 15) is 25.2 Å². The van der Waals surface area contributed by atoms with Crippen molar-refractivity contribution in [2.45, 2.75) is 108 Å². The molecule has 0 radical (unpaired) electrons. The first-order valence-electron chi connectivity index (χ1n) is 11.8. The Morgan fingerprint density at radius 3 is 1.73 bits per heavy atom. The van der Waals surface area contributed by atoms with Gasteiger partial charge in [-0.15, -0.1) is 0 Å². The molecule has 0 aliphatic heterocycles. The molecule has 0 aliphatic carbocycles. The smallest absolute Gasteiger partial charge is 0.251 e. The molecule has 0 saturated heterocycles. The zero-order chi connectivity index (χ0) is 22.6. The molecule has 180 valence electrons. The maximum Gasteiger partial charge on any atom is 0.251 e. The molecule has 0 spiro atoms. The van der Waals surface area contributed by atoms with Crippen LogP contribution in [-0.2, 0) is 4.79 Å². The third-order valence-corrected chi connectivity index (χ3v) is 5.31. The van der Waals surface area contributed by atoms with Crippen molar-refractivity contribution in [1.29, 1.82) is 0 Å². The summed E-state index contributed by atoms with van der Waals surface area (Å²) in [6, 6.07) is 0. The summed E-state index contributed by atoms with van der Waals surface area (Å²) in [6.07, 6.45) is 7.99. The molecule has 0 aromatic rings. The number of rotatable bonds is 21. The zero-order valence-corrected chi connectivity index (χ0v) is 18.8. The second-order valence-corrected chi connectivity index (χ2v) is 8.11. The highest BCUT2D eigenvalue weighted by Crippen LogP contribution is 2.11. The van der Waals surface area contributed by atoms with Crippen molar-refractivity contribution < 1.29 is 30.3 Å². The van der Waals surface area contributed by atoms with Crippen LogP contribution in [0.15, 0.2) is 0 Å². The molecule has 0 aromatic heterocycles. The van der Waals surface area contributed by atoms with Crippen LogP contribution in [0.3, 0.4) is 0 Å². The molecule has 30 heavy (non-hydrogen) atoms. The van der Waals surface area contributed by atoms with Crippen molar-refractivity contribution in [3.05, 3.63) is 0 Å². The summed E-state index contributed by atoms with van der Waals surface area (Å²) in [5, 5.41) is 52.6. The van der Waals surface area contributed by atoms with E-state index >= 15 is 0 Å². The second kappa shape index (κ2) is 20.2. The van der Waals surface area contributed by atoms with Crippen LogP contribution in [0.2, 0.25) is 0 Å². The van der Waals surface area contributed by atoms with Gasteiger partial charge in [-0.05, 0) is 25.9 Å². The number of unbranched alkanes of at least 4 members (excludes halogenated alkanes) is 10. The molecule has 8 nitrogen and oxygen atoms in total. The molecule has 8 heteroatoms. The summed E-state index contributed by atoms with van der Waals surface area (Å²) in [5.41, 5.74) is 0. The lowest BCUT2D eigenvalue weighted by Crippen LogP contribution is -2.51. The van der Waals surface area contributed by atoms with Crippen molar-refractivity contribution in [2.75, 3.05) is 26.2 Å². The molecule has 0 rings (SSSR count). The molecule has 0 bridgehead atoms. The minimum atomic E-state index is -1.87. The van der Waals surface area contributed by atoms with Gasteiger partial charge < -0.3 is 36.2 Å². The van der Waals surface area contributed by atoms with E-state index in [0.29, 0.717) is 13.0 Å².